The molecule has 9 heteroatoms. The quantitative estimate of drug-likeness (QED) is 0.816. The standard InChI is InChI=1S/C18H27N3O5S/c1-18(2,3)26-17(23)21-11-9-14(10-12-21)20-16(22)19-13-5-7-15(8-6-13)27(4,24)25/h5-8,14H,9-12H2,1-4H3,(H2,19,20,22). The monoisotopic (exact) mass is 397 g/mol. The summed E-state index contributed by atoms with van der Waals surface area (Å²) in [6.45, 7) is 6.51. The fourth-order valence-electron chi connectivity index (χ4n) is 2.67. The van der Waals surface area contributed by atoms with Crippen LogP contribution < -0.4 is 10.6 Å². The summed E-state index contributed by atoms with van der Waals surface area (Å²) in [5.74, 6) is 0. The third kappa shape index (κ3) is 6.74. The third-order valence-corrected chi connectivity index (χ3v) is 5.15. The van der Waals surface area contributed by atoms with Gasteiger partial charge in [-0.1, -0.05) is 0 Å². The van der Waals surface area contributed by atoms with E-state index in [1.165, 1.54) is 12.1 Å². The first-order valence-electron chi connectivity index (χ1n) is 8.79. The summed E-state index contributed by atoms with van der Waals surface area (Å²) in [6, 6.07) is 5.58. The van der Waals surface area contributed by atoms with E-state index in [0.29, 0.717) is 31.6 Å². The number of anilines is 1. The molecule has 0 aromatic heterocycles. The highest BCUT2D eigenvalue weighted by Crippen LogP contribution is 2.16. The Hall–Kier alpha value is -2.29. The molecule has 0 saturated carbocycles. The Labute approximate surface area is 160 Å². The highest BCUT2D eigenvalue weighted by Gasteiger charge is 2.27. The SMILES string of the molecule is CC(C)(C)OC(=O)N1CCC(NC(=O)Nc2ccc(S(C)(=O)=O)cc2)CC1. The van der Waals surface area contributed by atoms with Crippen LogP contribution in [0.25, 0.3) is 0 Å². The van der Waals surface area contributed by atoms with Gasteiger partial charge in [-0.15, -0.1) is 0 Å². The van der Waals surface area contributed by atoms with Crippen LogP contribution in [0, 0.1) is 0 Å². The van der Waals surface area contributed by atoms with Crippen molar-refractivity contribution >= 4 is 27.6 Å². The van der Waals surface area contributed by atoms with Crippen LogP contribution in [0.4, 0.5) is 15.3 Å². The van der Waals surface area contributed by atoms with Gasteiger partial charge in [-0.25, -0.2) is 18.0 Å². The van der Waals surface area contributed by atoms with E-state index in [4.69, 9.17) is 4.74 Å². The van der Waals surface area contributed by atoms with Gasteiger partial charge in [0, 0.05) is 31.1 Å². The van der Waals surface area contributed by atoms with Gasteiger partial charge in [-0.05, 0) is 57.9 Å². The summed E-state index contributed by atoms with van der Waals surface area (Å²) in [6.07, 6.45) is 2.07. The molecule has 27 heavy (non-hydrogen) atoms. The Kier molecular flexibility index (Phi) is 6.35. The van der Waals surface area contributed by atoms with Crippen molar-refractivity contribution in [2.75, 3.05) is 24.7 Å². The fraction of sp³-hybridized carbons (Fsp3) is 0.556. The van der Waals surface area contributed by atoms with Crippen LogP contribution >= 0.6 is 0 Å². The maximum absolute atomic E-state index is 12.1. The van der Waals surface area contributed by atoms with Crippen molar-refractivity contribution in [1.29, 1.82) is 0 Å². The second-order valence-corrected chi connectivity index (χ2v) is 9.65. The molecule has 1 aromatic carbocycles. The molecule has 1 aliphatic heterocycles. The van der Waals surface area contributed by atoms with E-state index in [-0.39, 0.29) is 23.1 Å². The normalized spacial score (nSPS) is 15.9. The van der Waals surface area contributed by atoms with Crippen LogP contribution in [-0.4, -0.2) is 56.4 Å². The summed E-state index contributed by atoms with van der Waals surface area (Å²) < 4.78 is 28.2. The predicted molar refractivity (Wildman–Crippen MR) is 103 cm³/mol. The lowest BCUT2D eigenvalue weighted by molar-refractivity contribution is 0.0202. The summed E-state index contributed by atoms with van der Waals surface area (Å²) in [7, 11) is -3.27. The molecule has 0 radical (unpaired) electrons. The second kappa shape index (κ2) is 8.16. The minimum Gasteiger partial charge on any atom is -0.444 e. The van der Waals surface area contributed by atoms with E-state index in [2.05, 4.69) is 10.6 Å². The first-order valence-corrected chi connectivity index (χ1v) is 10.7. The lowest BCUT2D eigenvalue weighted by atomic mass is 10.1. The van der Waals surface area contributed by atoms with Gasteiger partial charge in [0.2, 0.25) is 0 Å². The van der Waals surface area contributed by atoms with Gasteiger partial charge in [-0.3, -0.25) is 0 Å². The number of piperidine rings is 1. The van der Waals surface area contributed by atoms with Crippen molar-refractivity contribution in [2.24, 2.45) is 0 Å². The molecule has 3 amide bonds. The Balaban J connectivity index is 1.80. The number of benzene rings is 1. The van der Waals surface area contributed by atoms with Gasteiger partial charge < -0.3 is 20.3 Å². The average molecular weight is 397 g/mol. The van der Waals surface area contributed by atoms with Gasteiger partial charge in [0.1, 0.15) is 5.60 Å². The van der Waals surface area contributed by atoms with Crippen LogP contribution in [-0.2, 0) is 14.6 Å². The topological polar surface area (TPSA) is 105 Å². The van der Waals surface area contributed by atoms with Gasteiger partial charge in [-0.2, -0.15) is 0 Å². The Morgan fingerprint density at radius 3 is 2.15 bits per heavy atom. The van der Waals surface area contributed by atoms with E-state index < -0.39 is 15.4 Å². The van der Waals surface area contributed by atoms with E-state index in [1.54, 1.807) is 17.0 Å². The number of hydrogen-bond acceptors (Lipinski definition) is 5. The van der Waals surface area contributed by atoms with Crippen LogP contribution in [0.15, 0.2) is 29.2 Å². The van der Waals surface area contributed by atoms with E-state index in [9.17, 15) is 18.0 Å². The Morgan fingerprint density at radius 2 is 1.67 bits per heavy atom. The number of urea groups is 1. The molecule has 1 saturated heterocycles. The number of hydrogen-bond donors (Lipinski definition) is 2. The lowest BCUT2D eigenvalue weighted by Crippen LogP contribution is -2.48. The number of ether oxygens (including phenoxy) is 1. The second-order valence-electron chi connectivity index (χ2n) is 7.64. The molecule has 1 fully saturated rings. The van der Waals surface area contributed by atoms with Gasteiger partial charge >= 0.3 is 12.1 Å². The first-order chi connectivity index (χ1) is 12.4. The average Bonchev–Trinajstić information content (AvgIpc) is 2.53. The van der Waals surface area contributed by atoms with Crippen LogP contribution in [0.3, 0.4) is 0 Å². The van der Waals surface area contributed by atoms with Gasteiger partial charge in [0.15, 0.2) is 9.84 Å². The molecule has 150 valence electrons. The number of nitrogens with zero attached hydrogens (tertiary/aromatic N) is 1. The molecule has 8 nitrogen and oxygen atoms in total. The van der Waals surface area contributed by atoms with E-state index >= 15 is 0 Å². The number of nitrogens with one attached hydrogen (secondary N) is 2. The summed E-state index contributed by atoms with van der Waals surface area (Å²) in [4.78, 5) is 26.0. The van der Waals surface area contributed by atoms with Crippen LogP contribution in [0.1, 0.15) is 33.6 Å². The highest BCUT2D eigenvalue weighted by atomic mass is 32.2. The number of likely N-dealkylation sites (tertiary alicyclic amines) is 1. The molecule has 1 aromatic rings. The maximum Gasteiger partial charge on any atom is 0.410 e. The number of rotatable bonds is 3. The molecule has 0 spiro atoms. The van der Waals surface area contributed by atoms with Crippen LogP contribution in [0.5, 0.6) is 0 Å². The highest BCUT2D eigenvalue weighted by molar-refractivity contribution is 7.90. The fourth-order valence-corrected chi connectivity index (χ4v) is 3.30. The lowest BCUT2D eigenvalue weighted by Gasteiger charge is -2.33. The Bertz CT molecular complexity index is 776. The van der Waals surface area contributed by atoms with Crippen molar-refractivity contribution in [3.05, 3.63) is 24.3 Å². The molecule has 0 atom stereocenters. The van der Waals surface area contributed by atoms with E-state index in [0.717, 1.165) is 6.26 Å². The summed E-state index contributed by atoms with van der Waals surface area (Å²) >= 11 is 0. The number of carbonyl (C=O) groups excluding carboxylic acids is 2. The molecule has 0 aliphatic carbocycles. The molecule has 2 N–H and O–H groups in total. The van der Waals surface area contributed by atoms with Crippen molar-refractivity contribution < 1.29 is 22.7 Å². The number of carbonyl (C=O) groups is 2. The first kappa shape index (κ1) is 21.0. The summed E-state index contributed by atoms with van der Waals surface area (Å²) in [5, 5.41) is 5.56. The van der Waals surface area contributed by atoms with Crippen molar-refractivity contribution in [3.63, 3.8) is 0 Å². The maximum atomic E-state index is 12.1. The molecular formula is C18H27N3O5S. The van der Waals surface area contributed by atoms with Gasteiger partial charge in [0.25, 0.3) is 0 Å². The zero-order valence-corrected chi connectivity index (χ0v) is 16.9. The molecule has 1 heterocycles. The minimum atomic E-state index is -3.27. The smallest absolute Gasteiger partial charge is 0.410 e. The van der Waals surface area contributed by atoms with Crippen molar-refractivity contribution in [2.45, 2.75) is 50.2 Å². The molecule has 0 bridgehead atoms. The van der Waals surface area contributed by atoms with Crippen molar-refractivity contribution in [1.82, 2.24) is 10.2 Å². The molecule has 1 aliphatic rings. The van der Waals surface area contributed by atoms with Crippen molar-refractivity contribution in [3.8, 4) is 0 Å². The zero-order valence-electron chi connectivity index (χ0n) is 16.1. The minimum absolute atomic E-state index is 0.0426. The molecular weight excluding hydrogens is 370 g/mol. The summed E-state index contributed by atoms with van der Waals surface area (Å²) in [5.41, 5.74) is -0.0234. The zero-order chi connectivity index (χ0) is 20.2. The van der Waals surface area contributed by atoms with Gasteiger partial charge in [0.05, 0.1) is 4.90 Å². The Morgan fingerprint density at radius 1 is 1.11 bits per heavy atom. The molecule has 0 unspecified atom stereocenters. The number of amides is 3. The largest absolute Gasteiger partial charge is 0.444 e. The van der Waals surface area contributed by atoms with E-state index in [1.807, 2.05) is 20.8 Å². The molecule has 2 rings (SSSR count). The third-order valence-electron chi connectivity index (χ3n) is 4.02. The number of sulfone groups is 1. The van der Waals surface area contributed by atoms with Crippen LogP contribution in [0.2, 0.25) is 0 Å². The predicted octanol–water partition coefficient (Wildman–Crippen LogP) is 2.61.